The van der Waals surface area contributed by atoms with E-state index in [0.29, 0.717) is 0 Å². The zero-order valence-electron chi connectivity index (χ0n) is 9.21. The topological polar surface area (TPSA) is 29.9 Å². The molecule has 3 heteroatoms. The van der Waals surface area contributed by atoms with Gasteiger partial charge in [0.05, 0.1) is 12.0 Å². The van der Waals surface area contributed by atoms with Crippen LogP contribution in [0, 0.1) is 0 Å². The Morgan fingerprint density at radius 2 is 2.33 bits per heavy atom. The van der Waals surface area contributed by atoms with Crippen molar-refractivity contribution in [1.82, 2.24) is 14.9 Å². The summed E-state index contributed by atoms with van der Waals surface area (Å²) in [6.07, 6.45) is 8.88. The summed E-state index contributed by atoms with van der Waals surface area (Å²) in [7, 11) is 0. The molecule has 0 fully saturated rings. The maximum atomic E-state index is 4.47. The van der Waals surface area contributed by atoms with Crippen LogP contribution in [-0.4, -0.2) is 22.6 Å². The second-order valence-corrected chi connectivity index (χ2v) is 4.03. The highest BCUT2D eigenvalue weighted by Gasteiger charge is 2.14. The molecule has 1 aliphatic carbocycles. The molecule has 1 aromatic rings. The van der Waals surface area contributed by atoms with E-state index in [0.717, 1.165) is 19.6 Å². The van der Waals surface area contributed by atoms with E-state index in [2.05, 4.69) is 21.4 Å². The van der Waals surface area contributed by atoms with Gasteiger partial charge >= 0.3 is 0 Å². The van der Waals surface area contributed by atoms with Gasteiger partial charge in [-0.1, -0.05) is 6.08 Å². The summed E-state index contributed by atoms with van der Waals surface area (Å²) in [4.78, 5) is 4.47. The van der Waals surface area contributed by atoms with E-state index < -0.39 is 0 Å². The Bertz CT molecular complexity index is 328. The predicted molar refractivity (Wildman–Crippen MR) is 61.9 cm³/mol. The van der Waals surface area contributed by atoms with E-state index in [1.807, 2.05) is 12.4 Å². The lowest BCUT2D eigenvalue weighted by Crippen LogP contribution is -2.21. The van der Waals surface area contributed by atoms with Gasteiger partial charge in [-0.3, -0.25) is 0 Å². The van der Waals surface area contributed by atoms with Crippen LogP contribution in [0.2, 0.25) is 0 Å². The van der Waals surface area contributed by atoms with E-state index in [-0.39, 0.29) is 0 Å². The minimum absolute atomic E-state index is 0.886. The number of aryl methyl sites for hydroxylation is 1. The van der Waals surface area contributed by atoms with Crippen molar-refractivity contribution in [3.05, 3.63) is 30.4 Å². The SMILES string of the molecule is C=CCNCCn1cnc2c1CCCC2. The van der Waals surface area contributed by atoms with Crippen molar-refractivity contribution < 1.29 is 0 Å². The zero-order chi connectivity index (χ0) is 10.5. The maximum Gasteiger partial charge on any atom is 0.0952 e. The number of imidazole rings is 1. The van der Waals surface area contributed by atoms with Gasteiger partial charge in [0, 0.05) is 25.3 Å². The maximum absolute atomic E-state index is 4.47. The van der Waals surface area contributed by atoms with E-state index in [9.17, 15) is 0 Å². The molecule has 3 nitrogen and oxygen atoms in total. The fourth-order valence-electron chi connectivity index (χ4n) is 2.13. The monoisotopic (exact) mass is 205 g/mol. The first-order valence-corrected chi connectivity index (χ1v) is 5.76. The minimum atomic E-state index is 0.886. The van der Waals surface area contributed by atoms with Gasteiger partial charge in [-0.25, -0.2) is 4.98 Å². The molecule has 0 aromatic carbocycles. The smallest absolute Gasteiger partial charge is 0.0952 e. The first-order chi connectivity index (χ1) is 7.42. The predicted octanol–water partition coefficient (Wildman–Crippen LogP) is 1.54. The number of nitrogens with one attached hydrogen (secondary N) is 1. The van der Waals surface area contributed by atoms with Crippen molar-refractivity contribution in [2.75, 3.05) is 13.1 Å². The largest absolute Gasteiger partial charge is 0.333 e. The van der Waals surface area contributed by atoms with Crippen molar-refractivity contribution in [2.45, 2.75) is 32.2 Å². The van der Waals surface area contributed by atoms with E-state index in [4.69, 9.17) is 0 Å². The highest BCUT2D eigenvalue weighted by atomic mass is 15.1. The van der Waals surface area contributed by atoms with Gasteiger partial charge < -0.3 is 9.88 Å². The van der Waals surface area contributed by atoms with Crippen LogP contribution in [0.4, 0.5) is 0 Å². The summed E-state index contributed by atoms with van der Waals surface area (Å²) >= 11 is 0. The highest BCUT2D eigenvalue weighted by Crippen LogP contribution is 2.19. The molecule has 0 aliphatic heterocycles. The molecule has 0 radical (unpaired) electrons. The third kappa shape index (κ3) is 2.48. The lowest BCUT2D eigenvalue weighted by atomic mass is 10.0. The van der Waals surface area contributed by atoms with Crippen molar-refractivity contribution in [3.63, 3.8) is 0 Å². The zero-order valence-corrected chi connectivity index (χ0v) is 9.21. The molecule has 0 saturated heterocycles. The van der Waals surface area contributed by atoms with Crippen LogP contribution in [0.5, 0.6) is 0 Å². The van der Waals surface area contributed by atoms with E-state index >= 15 is 0 Å². The first-order valence-electron chi connectivity index (χ1n) is 5.76. The van der Waals surface area contributed by atoms with Gasteiger partial charge in [-0.2, -0.15) is 0 Å². The molecular formula is C12H19N3. The molecule has 82 valence electrons. The number of fused-ring (bicyclic) bond motifs is 1. The van der Waals surface area contributed by atoms with Crippen LogP contribution in [0.3, 0.4) is 0 Å². The lowest BCUT2D eigenvalue weighted by molar-refractivity contribution is 0.577. The Labute approximate surface area is 91.2 Å². The molecule has 2 rings (SSSR count). The van der Waals surface area contributed by atoms with Crippen LogP contribution >= 0.6 is 0 Å². The molecule has 15 heavy (non-hydrogen) atoms. The van der Waals surface area contributed by atoms with E-state index in [1.54, 1.807) is 0 Å². The van der Waals surface area contributed by atoms with Crippen molar-refractivity contribution in [2.24, 2.45) is 0 Å². The Balaban J connectivity index is 1.90. The molecule has 0 amide bonds. The normalized spacial score (nSPS) is 14.9. The Hall–Kier alpha value is -1.09. The van der Waals surface area contributed by atoms with Crippen LogP contribution in [0.25, 0.3) is 0 Å². The van der Waals surface area contributed by atoms with Gasteiger partial charge in [0.1, 0.15) is 0 Å². The summed E-state index contributed by atoms with van der Waals surface area (Å²) in [6.45, 7) is 6.59. The molecule has 0 spiro atoms. The van der Waals surface area contributed by atoms with Gasteiger partial charge in [0.15, 0.2) is 0 Å². The highest BCUT2D eigenvalue weighted by molar-refractivity contribution is 5.16. The molecule has 1 aliphatic rings. The molecular weight excluding hydrogens is 186 g/mol. The third-order valence-electron chi connectivity index (χ3n) is 2.93. The Morgan fingerprint density at radius 3 is 3.20 bits per heavy atom. The molecule has 0 unspecified atom stereocenters. The van der Waals surface area contributed by atoms with Crippen LogP contribution in [0.15, 0.2) is 19.0 Å². The van der Waals surface area contributed by atoms with Crippen molar-refractivity contribution in [1.29, 1.82) is 0 Å². The summed E-state index contributed by atoms with van der Waals surface area (Å²) in [5.41, 5.74) is 2.78. The summed E-state index contributed by atoms with van der Waals surface area (Å²) in [6, 6.07) is 0. The van der Waals surface area contributed by atoms with Gasteiger partial charge in [0.25, 0.3) is 0 Å². The summed E-state index contributed by atoms with van der Waals surface area (Å²) in [5.74, 6) is 0. The lowest BCUT2D eigenvalue weighted by Gasteiger charge is -2.13. The van der Waals surface area contributed by atoms with Crippen molar-refractivity contribution >= 4 is 0 Å². The molecule has 0 saturated carbocycles. The van der Waals surface area contributed by atoms with Crippen LogP contribution < -0.4 is 5.32 Å². The number of hydrogen-bond acceptors (Lipinski definition) is 2. The van der Waals surface area contributed by atoms with Gasteiger partial charge in [0.2, 0.25) is 0 Å². The van der Waals surface area contributed by atoms with Gasteiger partial charge in [-0.05, 0) is 25.7 Å². The third-order valence-corrected chi connectivity index (χ3v) is 2.93. The number of nitrogens with zero attached hydrogens (tertiary/aromatic N) is 2. The molecule has 0 bridgehead atoms. The fourth-order valence-corrected chi connectivity index (χ4v) is 2.13. The second kappa shape index (κ2) is 5.12. The molecule has 1 aromatic heterocycles. The van der Waals surface area contributed by atoms with Crippen LogP contribution in [0.1, 0.15) is 24.2 Å². The molecule has 1 N–H and O–H groups in total. The first kappa shape index (κ1) is 10.4. The quantitative estimate of drug-likeness (QED) is 0.583. The number of aromatic nitrogens is 2. The standard InChI is InChI=1S/C12H19N3/c1-2-7-13-8-9-15-10-14-11-5-3-4-6-12(11)15/h2,10,13H,1,3-9H2. The Morgan fingerprint density at radius 1 is 1.47 bits per heavy atom. The van der Waals surface area contributed by atoms with Gasteiger partial charge in [-0.15, -0.1) is 6.58 Å². The number of hydrogen-bond donors (Lipinski definition) is 1. The molecule has 1 heterocycles. The van der Waals surface area contributed by atoms with Crippen molar-refractivity contribution in [3.8, 4) is 0 Å². The fraction of sp³-hybridized carbons (Fsp3) is 0.583. The summed E-state index contributed by atoms with van der Waals surface area (Å²) < 4.78 is 2.30. The average Bonchev–Trinajstić information content (AvgIpc) is 2.68. The minimum Gasteiger partial charge on any atom is -0.333 e. The Kier molecular flexibility index (Phi) is 3.56. The second-order valence-electron chi connectivity index (χ2n) is 4.03. The van der Waals surface area contributed by atoms with Crippen LogP contribution in [-0.2, 0) is 19.4 Å². The number of rotatable bonds is 5. The van der Waals surface area contributed by atoms with E-state index in [1.165, 1.54) is 37.1 Å². The average molecular weight is 205 g/mol. The molecule has 0 atom stereocenters. The summed E-state index contributed by atoms with van der Waals surface area (Å²) in [5, 5.41) is 3.31.